The molecule has 1 aromatic carbocycles. The minimum atomic E-state index is -3.57. The summed E-state index contributed by atoms with van der Waals surface area (Å²) in [6, 6.07) is 7.91. The summed E-state index contributed by atoms with van der Waals surface area (Å²) in [4.78, 5) is 21.7. The van der Waals surface area contributed by atoms with Crippen molar-refractivity contribution in [3.05, 3.63) is 30.3 Å². The fourth-order valence-corrected chi connectivity index (χ4v) is 2.97. The molecule has 0 saturated heterocycles. The van der Waals surface area contributed by atoms with Crippen LogP contribution in [0.3, 0.4) is 0 Å². The molecule has 1 amide bonds. The van der Waals surface area contributed by atoms with Crippen molar-refractivity contribution >= 4 is 33.7 Å². The monoisotopic (exact) mass is 332 g/mol. The van der Waals surface area contributed by atoms with Crippen LogP contribution in [0.5, 0.6) is 0 Å². The van der Waals surface area contributed by atoms with Crippen molar-refractivity contribution in [2.75, 3.05) is 24.6 Å². The number of hydrogen-bond donors (Lipinski definition) is 3. The molecule has 0 unspecified atom stereocenters. The first-order valence-corrected chi connectivity index (χ1v) is 8.66. The van der Waals surface area contributed by atoms with E-state index >= 15 is 0 Å². The van der Waals surface area contributed by atoms with Gasteiger partial charge in [0.15, 0.2) is 0 Å². The van der Waals surface area contributed by atoms with E-state index in [0.29, 0.717) is 0 Å². The summed E-state index contributed by atoms with van der Waals surface area (Å²) in [6.45, 7) is 0.199. The number of thioether (sulfide) groups is 1. The molecule has 116 valence electrons. The van der Waals surface area contributed by atoms with Gasteiger partial charge >= 0.3 is 5.97 Å². The molecule has 0 radical (unpaired) electrons. The van der Waals surface area contributed by atoms with E-state index in [1.807, 2.05) is 0 Å². The summed E-state index contributed by atoms with van der Waals surface area (Å²) in [5.74, 6) is -1.44. The highest BCUT2D eigenvalue weighted by Gasteiger charge is 2.12. The summed E-state index contributed by atoms with van der Waals surface area (Å²) < 4.78 is 26.0. The zero-order valence-electron chi connectivity index (χ0n) is 11.1. The van der Waals surface area contributed by atoms with E-state index in [9.17, 15) is 18.0 Å². The lowest BCUT2D eigenvalue weighted by atomic mass is 10.4. The number of sulfonamides is 1. The Labute approximate surface area is 127 Å². The van der Waals surface area contributed by atoms with E-state index in [2.05, 4.69) is 10.0 Å². The second kappa shape index (κ2) is 8.65. The highest BCUT2D eigenvalue weighted by molar-refractivity contribution is 8.00. The Bertz CT molecular complexity index is 575. The molecule has 3 N–H and O–H groups in total. The lowest BCUT2D eigenvalue weighted by molar-refractivity contribution is -0.133. The predicted molar refractivity (Wildman–Crippen MR) is 79.6 cm³/mol. The van der Waals surface area contributed by atoms with E-state index < -0.39 is 16.0 Å². The maximum absolute atomic E-state index is 11.8. The third-order valence-corrected chi connectivity index (χ3v) is 4.65. The fraction of sp³-hybridized carbons (Fsp3) is 0.333. The molecule has 7 nitrogen and oxygen atoms in total. The van der Waals surface area contributed by atoms with Crippen molar-refractivity contribution in [1.29, 1.82) is 0 Å². The standard InChI is InChI=1S/C12H16N2O5S2/c15-11(8-20-9-12(16)17)13-6-7-14-21(18,19)10-4-2-1-3-5-10/h1-5,14H,6-9H2,(H,13,15)(H,16,17). The molecule has 0 aliphatic heterocycles. The number of nitrogens with one attached hydrogen (secondary N) is 2. The van der Waals surface area contributed by atoms with Crippen LogP contribution in [-0.4, -0.2) is 50.0 Å². The summed E-state index contributed by atoms with van der Waals surface area (Å²) in [7, 11) is -3.57. The molecule has 1 rings (SSSR count). The van der Waals surface area contributed by atoms with Gasteiger partial charge in [-0.1, -0.05) is 18.2 Å². The van der Waals surface area contributed by atoms with E-state index in [-0.39, 0.29) is 35.4 Å². The van der Waals surface area contributed by atoms with Crippen LogP contribution in [0.1, 0.15) is 0 Å². The van der Waals surface area contributed by atoms with Crippen LogP contribution in [0.2, 0.25) is 0 Å². The Hall–Kier alpha value is -1.58. The van der Waals surface area contributed by atoms with Gasteiger partial charge in [-0.2, -0.15) is 0 Å². The Morgan fingerprint density at radius 1 is 1.10 bits per heavy atom. The molecule has 0 atom stereocenters. The molecule has 0 spiro atoms. The first kappa shape index (κ1) is 17.5. The third-order valence-electron chi connectivity index (χ3n) is 2.25. The molecule has 0 aromatic heterocycles. The Kier molecular flexibility index (Phi) is 7.20. The number of carbonyl (C=O) groups excluding carboxylic acids is 1. The van der Waals surface area contributed by atoms with Gasteiger partial charge in [-0.15, -0.1) is 11.8 Å². The first-order valence-electron chi connectivity index (χ1n) is 6.03. The molecule has 9 heteroatoms. The lowest BCUT2D eigenvalue weighted by Crippen LogP contribution is -2.35. The molecule has 0 heterocycles. The average Bonchev–Trinajstić information content (AvgIpc) is 2.44. The first-order chi connectivity index (χ1) is 9.92. The van der Waals surface area contributed by atoms with Crippen LogP contribution in [0, 0.1) is 0 Å². The predicted octanol–water partition coefficient (Wildman–Crippen LogP) is -0.101. The van der Waals surface area contributed by atoms with Crippen LogP contribution in [0.4, 0.5) is 0 Å². The molecular weight excluding hydrogens is 316 g/mol. The van der Waals surface area contributed by atoms with Crippen LogP contribution in [-0.2, 0) is 19.6 Å². The lowest BCUT2D eigenvalue weighted by Gasteiger charge is -2.07. The zero-order chi connectivity index (χ0) is 15.7. The van der Waals surface area contributed by atoms with Gasteiger partial charge in [0.1, 0.15) is 0 Å². The largest absolute Gasteiger partial charge is 0.481 e. The summed E-state index contributed by atoms with van der Waals surface area (Å²) >= 11 is 0.980. The number of rotatable bonds is 9. The van der Waals surface area contributed by atoms with E-state index in [1.165, 1.54) is 12.1 Å². The molecule has 0 aliphatic rings. The molecular formula is C12H16N2O5S2. The van der Waals surface area contributed by atoms with Gasteiger partial charge < -0.3 is 10.4 Å². The number of benzene rings is 1. The second-order valence-electron chi connectivity index (χ2n) is 3.95. The molecule has 0 bridgehead atoms. The van der Waals surface area contributed by atoms with Crippen molar-refractivity contribution in [3.8, 4) is 0 Å². The number of amides is 1. The van der Waals surface area contributed by atoms with Crippen LogP contribution >= 0.6 is 11.8 Å². The van der Waals surface area contributed by atoms with Crippen LogP contribution < -0.4 is 10.0 Å². The minimum absolute atomic E-state index is 0.0255. The van der Waals surface area contributed by atoms with Gasteiger partial charge in [-0.3, -0.25) is 9.59 Å². The van der Waals surface area contributed by atoms with Gasteiger partial charge in [0, 0.05) is 13.1 Å². The number of carbonyl (C=O) groups is 2. The fourth-order valence-electron chi connectivity index (χ4n) is 1.35. The number of carboxylic acids is 1. The maximum atomic E-state index is 11.8. The van der Waals surface area contributed by atoms with Crippen LogP contribution in [0.25, 0.3) is 0 Å². The number of aliphatic carboxylic acids is 1. The quantitative estimate of drug-likeness (QED) is 0.544. The smallest absolute Gasteiger partial charge is 0.313 e. The molecule has 21 heavy (non-hydrogen) atoms. The van der Waals surface area contributed by atoms with E-state index in [4.69, 9.17) is 5.11 Å². The minimum Gasteiger partial charge on any atom is -0.481 e. The van der Waals surface area contributed by atoms with Gasteiger partial charge in [-0.05, 0) is 12.1 Å². The average molecular weight is 332 g/mol. The van der Waals surface area contributed by atoms with Gasteiger partial charge in [0.2, 0.25) is 15.9 Å². The van der Waals surface area contributed by atoms with Gasteiger partial charge in [0.25, 0.3) is 0 Å². The van der Waals surface area contributed by atoms with E-state index in [0.717, 1.165) is 11.8 Å². The Morgan fingerprint density at radius 3 is 2.38 bits per heavy atom. The molecule has 0 saturated carbocycles. The summed E-state index contributed by atoms with van der Waals surface area (Å²) in [6.07, 6.45) is 0. The molecule has 1 aromatic rings. The van der Waals surface area contributed by atoms with Crippen molar-refractivity contribution in [2.45, 2.75) is 4.90 Å². The number of hydrogen-bond acceptors (Lipinski definition) is 5. The Morgan fingerprint density at radius 2 is 1.76 bits per heavy atom. The van der Waals surface area contributed by atoms with E-state index in [1.54, 1.807) is 18.2 Å². The normalized spacial score (nSPS) is 11.0. The second-order valence-corrected chi connectivity index (χ2v) is 6.70. The van der Waals surface area contributed by atoms with Crippen molar-refractivity contribution in [3.63, 3.8) is 0 Å². The Balaban J connectivity index is 2.25. The topological polar surface area (TPSA) is 113 Å². The van der Waals surface area contributed by atoms with Gasteiger partial charge in [0.05, 0.1) is 16.4 Å². The highest BCUT2D eigenvalue weighted by atomic mass is 32.2. The summed E-state index contributed by atoms with van der Waals surface area (Å²) in [5, 5.41) is 10.9. The summed E-state index contributed by atoms with van der Waals surface area (Å²) in [5.41, 5.74) is 0. The van der Waals surface area contributed by atoms with Crippen LogP contribution in [0.15, 0.2) is 35.2 Å². The molecule has 0 aliphatic carbocycles. The zero-order valence-corrected chi connectivity index (χ0v) is 12.7. The van der Waals surface area contributed by atoms with Gasteiger partial charge in [-0.25, -0.2) is 13.1 Å². The third kappa shape index (κ3) is 7.11. The highest BCUT2D eigenvalue weighted by Crippen LogP contribution is 2.06. The van der Waals surface area contributed by atoms with Crippen molar-refractivity contribution < 1.29 is 23.1 Å². The van der Waals surface area contributed by atoms with Crippen molar-refractivity contribution in [2.24, 2.45) is 0 Å². The van der Waals surface area contributed by atoms with Crippen molar-refractivity contribution in [1.82, 2.24) is 10.0 Å². The molecule has 0 fully saturated rings. The maximum Gasteiger partial charge on any atom is 0.313 e. The number of carboxylic acid groups (broad SMARTS) is 1. The SMILES string of the molecule is O=C(O)CSCC(=O)NCCNS(=O)(=O)c1ccccc1.